The molecule has 1 aromatic heterocycles. The molecule has 11 heteroatoms. The van der Waals surface area contributed by atoms with E-state index in [1.54, 1.807) is 38.5 Å². The van der Waals surface area contributed by atoms with E-state index in [4.69, 9.17) is 35.1 Å². The van der Waals surface area contributed by atoms with E-state index in [0.717, 1.165) is 24.9 Å². The lowest BCUT2D eigenvalue weighted by Gasteiger charge is -2.31. The molecule has 0 spiro atoms. The molecule has 0 aliphatic carbocycles. The molecule has 1 saturated heterocycles. The number of hydrogen-bond acceptors (Lipinski definition) is 9. The molecule has 1 aliphatic rings. The lowest BCUT2D eigenvalue weighted by molar-refractivity contribution is -0.121. The van der Waals surface area contributed by atoms with Gasteiger partial charge in [-0.2, -0.15) is 4.98 Å². The SMILES string of the molecule is COc1cc(OC)c(NC(=O)[C@@H]2CCCN(Cc3nc(-c4ccc(OC)c(OC)c4)no3)C2)cc1Cl. The number of hydrogen-bond donors (Lipinski definition) is 1. The smallest absolute Gasteiger partial charge is 0.241 e. The van der Waals surface area contributed by atoms with Crippen molar-refractivity contribution in [3.63, 3.8) is 0 Å². The molecule has 1 aliphatic heterocycles. The fourth-order valence-corrected chi connectivity index (χ4v) is 4.45. The molecular formula is C25H29ClN4O6. The number of ether oxygens (including phenoxy) is 4. The summed E-state index contributed by atoms with van der Waals surface area (Å²) in [6.45, 7) is 1.84. The Morgan fingerprint density at radius 2 is 1.81 bits per heavy atom. The second kappa shape index (κ2) is 11.5. The van der Waals surface area contributed by atoms with Gasteiger partial charge < -0.3 is 28.8 Å². The van der Waals surface area contributed by atoms with Gasteiger partial charge in [-0.05, 0) is 43.7 Å². The van der Waals surface area contributed by atoms with Gasteiger partial charge in [0.05, 0.1) is 51.6 Å². The summed E-state index contributed by atoms with van der Waals surface area (Å²) in [5, 5.41) is 7.45. The zero-order valence-electron chi connectivity index (χ0n) is 20.7. The first-order valence-electron chi connectivity index (χ1n) is 11.5. The van der Waals surface area contributed by atoms with Crippen molar-refractivity contribution in [2.45, 2.75) is 19.4 Å². The van der Waals surface area contributed by atoms with Crippen LogP contribution in [0.5, 0.6) is 23.0 Å². The van der Waals surface area contributed by atoms with E-state index in [1.807, 2.05) is 6.07 Å². The number of carbonyl (C=O) groups excluding carboxylic acids is 1. The Hall–Kier alpha value is -3.50. The molecule has 1 N–H and O–H groups in total. The number of carbonyl (C=O) groups is 1. The van der Waals surface area contributed by atoms with Crippen LogP contribution in [0.15, 0.2) is 34.9 Å². The molecule has 10 nitrogen and oxygen atoms in total. The van der Waals surface area contributed by atoms with Gasteiger partial charge in [0.15, 0.2) is 11.5 Å². The van der Waals surface area contributed by atoms with Crippen molar-refractivity contribution in [3.05, 3.63) is 41.2 Å². The molecule has 1 fully saturated rings. The zero-order chi connectivity index (χ0) is 25.7. The average Bonchev–Trinajstić information content (AvgIpc) is 3.37. The van der Waals surface area contributed by atoms with Gasteiger partial charge in [-0.15, -0.1) is 0 Å². The number of rotatable bonds is 9. The quantitative estimate of drug-likeness (QED) is 0.445. The van der Waals surface area contributed by atoms with Crippen LogP contribution in [0.3, 0.4) is 0 Å². The van der Waals surface area contributed by atoms with Crippen molar-refractivity contribution in [3.8, 4) is 34.4 Å². The highest BCUT2D eigenvalue weighted by molar-refractivity contribution is 6.32. The number of halogens is 1. The van der Waals surface area contributed by atoms with Crippen molar-refractivity contribution in [1.29, 1.82) is 0 Å². The minimum Gasteiger partial charge on any atom is -0.495 e. The molecule has 2 aromatic carbocycles. The Kier molecular flexibility index (Phi) is 8.17. The highest BCUT2D eigenvalue weighted by atomic mass is 35.5. The Bertz CT molecular complexity index is 1220. The molecule has 0 radical (unpaired) electrons. The lowest BCUT2D eigenvalue weighted by Crippen LogP contribution is -2.40. The third kappa shape index (κ3) is 5.66. The highest BCUT2D eigenvalue weighted by Crippen LogP contribution is 2.36. The normalized spacial score (nSPS) is 15.9. The van der Waals surface area contributed by atoms with Crippen molar-refractivity contribution in [2.24, 2.45) is 5.92 Å². The van der Waals surface area contributed by atoms with Crippen LogP contribution in [0.4, 0.5) is 5.69 Å². The van der Waals surface area contributed by atoms with E-state index in [-0.39, 0.29) is 11.8 Å². The molecule has 36 heavy (non-hydrogen) atoms. The van der Waals surface area contributed by atoms with Gasteiger partial charge in [0.25, 0.3) is 0 Å². The number of methoxy groups -OCH3 is 4. The van der Waals surface area contributed by atoms with Gasteiger partial charge in [-0.3, -0.25) is 9.69 Å². The highest BCUT2D eigenvalue weighted by Gasteiger charge is 2.28. The van der Waals surface area contributed by atoms with E-state index in [2.05, 4.69) is 20.4 Å². The number of aromatic nitrogens is 2. The molecule has 4 rings (SSSR count). The summed E-state index contributed by atoms with van der Waals surface area (Å²) in [5.74, 6) is 2.78. The predicted octanol–water partition coefficient (Wildman–Crippen LogP) is 4.28. The maximum Gasteiger partial charge on any atom is 0.241 e. The standard InChI is InChI=1S/C25H29ClN4O6/c1-32-19-8-7-15(10-22(19)35-4)24-28-23(36-29-24)14-30-9-5-6-16(13-30)25(31)27-18-11-17(26)20(33-2)12-21(18)34-3/h7-8,10-12,16H,5-6,9,13-14H2,1-4H3,(H,27,31)/t16-/m1/s1. The van der Waals surface area contributed by atoms with Crippen LogP contribution >= 0.6 is 11.6 Å². The number of anilines is 1. The number of benzene rings is 2. The second-order valence-electron chi connectivity index (χ2n) is 8.33. The van der Waals surface area contributed by atoms with Gasteiger partial charge in [-0.1, -0.05) is 16.8 Å². The maximum absolute atomic E-state index is 13.1. The van der Waals surface area contributed by atoms with E-state index >= 15 is 0 Å². The van der Waals surface area contributed by atoms with Crippen LogP contribution in [0, 0.1) is 5.92 Å². The van der Waals surface area contributed by atoms with E-state index in [1.165, 1.54) is 14.2 Å². The zero-order valence-corrected chi connectivity index (χ0v) is 21.4. The molecule has 192 valence electrons. The van der Waals surface area contributed by atoms with Crippen LogP contribution in [-0.4, -0.2) is 62.5 Å². The Morgan fingerprint density at radius 1 is 1.06 bits per heavy atom. The summed E-state index contributed by atoms with van der Waals surface area (Å²) in [5.41, 5.74) is 1.26. The van der Waals surface area contributed by atoms with Gasteiger partial charge in [0, 0.05) is 18.2 Å². The monoisotopic (exact) mass is 516 g/mol. The molecule has 0 saturated carbocycles. The molecule has 2 heterocycles. The number of likely N-dealkylation sites (tertiary alicyclic amines) is 1. The van der Waals surface area contributed by atoms with Crippen molar-refractivity contribution >= 4 is 23.2 Å². The average molecular weight is 517 g/mol. The summed E-state index contributed by atoms with van der Waals surface area (Å²) in [4.78, 5) is 19.7. The summed E-state index contributed by atoms with van der Waals surface area (Å²) in [6, 6.07) is 8.72. The lowest BCUT2D eigenvalue weighted by atomic mass is 9.97. The van der Waals surface area contributed by atoms with Crippen LogP contribution in [-0.2, 0) is 11.3 Å². The van der Waals surface area contributed by atoms with E-state index in [9.17, 15) is 4.79 Å². The maximum atomic E-state index is 13.1. The second-order valence-corrected chi connectivity index (χ2v) is 8.74. The molecule has 3 aromatic rings. The minimum atomic E-state index is -0.211. The predicted molar refractivity (Wildman–Crippen MR) is 134 cm³/mol. The first-order chi connectivity index (χ1) is 17.4. The van der Waals surface area contributed by atoms with Crippen LogP contribution in [0.2, 0.25) is 5.02 Å². The summed E-state index contributed by atoms with van der Waals surface area (Å²) >= 11 is 6.24. The largest absolute Gasteiger partial charge is 0.495 e. The molecule has 1 atom stereocenters. The van der Waals surface area contributed by atoms with Gasteiger partial charge in [0.1, 0.15) is 11.5 Å². The van der Waals surface area contributed by atoms with E-state index in [0.29, 0.717) is 58.5 Å². The number of amides is 1. The van der Waals surface area contributed by atoms with Gasteiger partial charge in [0.2, 0.25) is 17.6 Å². The van der Waals surface area contributed by atoms with Crippen LogP contribution in [0.1, 0.15) is 18.7 Å². The van der Waals surface area contributed by atoms with Crippen molar-refractivity contribution < 1.29 is 28.3 Å². The minimum absolute atomic E-state index is 0.101. The molecular weight excluding hydrogens is 488 g/mol. The molecule has 0 unspecified atom stereocenters. The Morgan fingerprint density at radius 3 is 2.53 bits per heavy atom. The molecule has 1 amide bonds. The Balaban J connectivity index is 1.40. The fraction of sp³-hybridized carbons (Fsp3) is 0.400. The van der Waals surface area contributed by atoms with Crippen LogP contribution < -0.4 is 24.3 Å². The Labute approximate surface area is 214 Å². The van der Waals surface area contributed by atoms with Crippen LogP contribution in [0.25, 0.3) is 11.4 Å². The molecule has 0 bridgehead atoms. The third-order valence-corrected chi connectivity index (χ3v) is 6.37. The number of piperidine rings is 1. The van der Waals surface area contributed by atoms with E-state index < -0.39 is 0 Å². The summed E-state index contributed by atoms with van der Waals surface area (Å²) in [7, 11) is 6.21. The van der Waals surface area contributed by atoms with Crippen molar-refractivity contribution in [1.82, 2.24) is 15.0 Å². The summed E-state index contributed by atoms with van der Waals surface area (Å²) in [6.07, 6.45) is 1.64. The first kappa shape index (κ1) is 25.6. The number of nitrogens with one attached hydrogen (secondary N) is 1. The summed E-state index contributed by atoms with van der Waals surface area (Å²) < 4.78 is 26.7. The van der Waals surface area contributed by atoms with Gasteiger partial charge >= 0.3 is 0 Å². The van der Waals surface area contributed by atoms with Gasteiger partial charge in [-0.25, -0.2) is 0 Å². The third-order valence-electron chi connectivity index (χ3n) is 6.08. The fourth-order valence-electron chi connectivity index (χ4n) is 4.21. The topological polar surface area (TPSA) is 108 Å². The first-order valence-corrected chi connectivity index (χ1v) is 11.8. The number of nitrogens with zero attached hydrogens (tertiary/aromatic N) is 3. The van der Waals surface area contributed by atoms with Crippen molar-refractivity contribution in [2.75, 3.05) is 46.8 Å².